The van der Waals surface area contributed by atoms with Crippen LogP contribution in [0.15, 0.2) is 12.4 Å². The van der Waals surface area contributed by atoms with Crippen LogP contribution in [-0.4, -0.2) is 71.4 Å². The fraction of sp³-hybridized carbons (Fsp3) is 0.750. The van der Waals surface area contributed by atoms with E-state index in [2.05, 4.69) is 17.0 Å². The molecule has 0 radical (unpaired) electrons. The largest absolute Gasteiger partial charge is 0.374 e. The summed E-state index contributed by atoms with van der Waals surface area (Å²) in [5, 5.41) is 4.14. The summed E-state index contributed by atoms with van der Waals surface area (Å²) in [6.45, 7) is 4.22. The van der Waals surface area contributed by atoms with Gasteiger partial charge in [0.2, 0.25) is 5.91 Å². The molecule has 1 aromatic rings. The second-order valence-corrected chi connectivity index (χ2v) is 6.70. The Labute approximate surface area is 132 Å². The van der Waals surface area contributed by atoms with E-state index in [-0.39, 0.29) is 12.0 Å². The van der Waals surface area contributed by atoms with Crippen molar-refractivity contribution in [2.75, 3.05) is 39.8 Å². The fourth-order valence-electron chi connectivity index (χ4n) is 2.96. The van der Waals surface area contributed by atoms with Gasteiger partial charge in [-0.2, -0.15) is 5.10 Å². The Kier molecular flexibility index (Phi) is 4.78. The van der Waals surface area contributed by atoms with Crippen LogP contribution in [0.2, 0.25) is 0 Å². The van der Waals surface area contributed by atoms with Crippen LogP contribution in [0.5, 0.6) is 0 Å². The molecule has 1 saturated heterocycles. The molecule has 2 heterocycles. The average molecular weight is 306 g/mol. The normalized spacial score (nSPS) is 22.7. The molecule has 1 amide bonds. The van der Waals surface area contributed by atoms with Gasteiger partial charge >= 0.3 is 0 Å². The minimum atomic E-state index is 0.135. The maximum Gasteiger partial charge on any atom is 0.227 e. The van der Waals surface area contributed by atoms with Gasteiger partial charge in [0.25, 0.3) is 0 Å². The monoisotopic (exact) mass is 306 g/mol. The summed E-state index contributed by atoms with van der Waals surface area (Å²) in [5.74, 6) is 0.885. The average Bonchev–Trinajstić information content (AvgIpc) is 3.20. The summed E-state index contributed by atoms with van der Waals surface area (Å²) in [6, 6.07) is 0. The topological polar surface area (TPSA) is 50.6 Å². The zero-order valence-electron chi connectivity index (χ0n) is 13.6. The zero-order valence-corrected chi connectivity index (χ0v) is 13.6. The first-order valence-corrected chi connectivity index (χ1v) is 8.15. The first-order chi connectivity index (χ1) is 10.6. The van der Waals surface area contributed by atoms with Crippen molar-refractivity contribution in [3.63, 3.8) is 0 Å². The highest BCUT2D eigenvalue weighted by atomic mass is 16.5. The number of ether oxygens (including phenoxy) is 1. The zero-order chi connectivity index (χ0) is 15.5. The van der Waals surface area contributed by atoms with Crippen molar-refractivity contribution >= 4 is 5.91 Å². The van der Waals surface area contributed by atoms with Crippen LogP contribution in [-0.2, 0) is 23.0 Å². The molecule has 1 atom stereocenters. The van der Waals surface area contributed by atoms with Crippen molar-refractivity contribution < 1.29 is 9.53 Å². The summed E-state index contributed by atoms with van der Waals surface area (Å²) in [5.41, 5.74) is 0.981. The van der Waals surface area contributed by atoms with Gasteiger partial charge in [-0.3, -0.25) is 9.48 Å². The first kappa shape index (κ1) is 15.5. The third-order valence-corrected chi connectivity index (χ3v) is 4.41. The molecule has 0 aromatic carbocycles. The van der Waals surface area contributed by atoms with Crippen LogP contribution >= 0.6 is 0 Å². The summed E-state index contributed by atoms with van der Waals surface area (Å²) in [4.78, 5) is 16.9. The lowest BCUT2D eigenvalue weighted by atomic mass is 10.2. The maximum absolute atomic E-state index is 12.7. The lowest BCUT2D eigenvalue weighted by Crippen LogP contribution is -2.48. The van der Waals surface area contributed by atoms with E-state index in [4.69, 9.17) is 4.74 Å². The number of carbonyl (C=O) groups excluding carboxylic acids is 1. The van der Waals surface area contributed by atoms with Crippen LogP contribution in [0.4, 0.5) is 0 Å². The highest BCUT2D eigenvalue weighted by Gasteiger charge is 2.29. The van der Waals surface area contributed by atoms with Crippen LogP contribution in [0.3, 0.4) is 0 Å². The summed E-state index contributed by atoms with van der Waals surface area (Å²) < 4.78 is 7.58. The number of hydrogen-bond acceptors (Lipinski definition) is 4. The SMILES string of the molecule is CN1CCOC(CN(CC2CC2)C(=O)Cc2cnn(C)c2)C1. The molecule has 122 valence electrons. The van der Waals surface area contributed by atoms with Crippen molar-refractivity contribution in [1.29, 1.82) is 0 Å². The summed E-state index contributed by atoms with van der Waals surface area (Å²) in [7, 11) is 3.99. The fourth-order valence-corrected chi connectivity index (χ4v) is 2.96. The molecule has 2 fully saturated rings. The second-order valence-electron chi connectivity index (χ2n) is 6.70. The molecule has 1 unspecified atom stereocenters. The Bertz CT molecular complexity index is 512. The van der Waals surface area contributed by atoms with E-state index in [0.717, 1.165) is 31.8 Å². The third-order valence-electron chi connectivity index (χ3n) is 4.41. The Morgan fingerprint density at radius 3 is 2.86 bits per heavy atom. The number of morpholine rings is 1. The maximum atomic E-state index is 12.7. The quantitative estimate of drug-likeness (QED) is 0.769. The molecule has 0 bridgehead atoms. The second kappa shape index (κ2) is 6.79. The molecule has 0 spiro atoms. The van der Waals surface area contributed by atoms with Crippen molar-refractivity contribution in [1.82, 2.24) is 19.6 Å². The number of amides is 1. The molecule has 1 aromatic heterocycles. The Morgan fingerprint density at radius 1 is 1.41 bits per heavy atom. The molecule has 0 N–H and O–H groups in total. The number of carbonyl (C=O) groups is 1. The van der Waals surface area contributed by atoms with Crippen molar-refractivity contribution in [3.05, 3.63) is 18.0 Å². The Balaban J connectivity index is 1.59. The van der Waals surface area contributed by atoms with E-state index < -0.39 is 0 Å². The van der Waals surface area contributed by atoms with Crippen LogP contribution in [0.1, 0.15) is 18.4 Å². The standard InChI is InChI=1S/C16H26N4O2/c1-18-5-6-22-15(11-18)12-20(10-13-3-4-13)16(21)7-14-8-17-19(2)9-14/h8-9,13,15H,3-7,10-12H2,1-2H3. The van der Waals surface area contributed by atoms with E-state index in [1.807, 2.05) is 18.1 Å². The minimum Gasteiger partial charge on any atom is -0.374 e. The van der Waals surface area contributed by atoms with Gasteiger partial charge in [0.1, 0.15) is 0 Å². The van der Waals surface area contributed by atoms with E-state index in [1.54, 1.807) is 10.9 Å². The molecule has 6 heteroatoms. The van der Waals surface area contributed by atoms with Gasteiger partial charge in [-0.25, -0.2) is 0 Å². The van der Waals surface area contributed by atoms with Gasteiger partial charge in [-0.15, -0.1) is 0 Å². The first-order valence-electron chi connectivity index (χ1n) is 8.15. The molecular weight excluding hydrogens is 280 g/mol. The predicted octanol–water partition coefficient (Wildman–Crippen LogP) is 0.532. The molecule has 22 heavy (non-hydrogen) atoms. The van der Waals surface area contributed by atoms with Crippen LogP contribution in [0.25, 0.3) is 0 Å². The van der Waals surface area contributed by atoms with E-state index in [1.165, 1.54) is 12.8 Å². The highest BCUT2D eigenvalue weighted by molar-refractivity contribution is 5.78. The molecule has 1 aliphatic heterocycles. The van der Waals surface area contributed by atoms with E-state index in [9.17, 15) is 4.79 Å². The van der Waals surface area contributed by atoms with Crippen molar-refractivity contribution in [2.45, 2.75) is 25.4 Å². The lowest BCUT2D eigenvalue weighted by molar-refractivity contribution is -0.134. The molecule has 1 saturated carbocycles. The number of likely N-dealkylation sites (N-methyl/N-ethyl adjacent to an activating group) is 1. The molecular formula is C16H26N4O2. The van der Waals surface area contributed by atoms with Crippen LogP contribution < -0.4 is 0 Å². The van der Waals surface area contributed by atoms with Crippen molar-refractivity contribution in [2.24, 2.45) is 13.0 Å². The van der Waals surface area contributed by atoms with Gasteiger partial charge in [0, 0.05) is 39.4 Å². The van der Waals surface area contributed by atoms with E-state index >= 15 is 0 Å². The highest BCUT2D eigenvalue weighted by Crippen LogP contribution is 2.30. The minimum absolute atomic E-state index is 0.135. The number of nitrogens with zero attached hydrogens (tertiary/aromatic N) is 4. The molecule has 6 nitrogen and oxygen atoms in total. The summed E-state index contributed by atoms with van der Waals surface area (Å²) in [6.07, 6.45) is 6.76. The lowest BCUT2D eigenvalue weighted by Gasteiger charge is -2.34. The number of hydrogen-bond donors (Lipinski definition) is 0. The van der Waals surface area contributed by atoms with Gasteiger partial charge in [0.15, 0.2) is 0 Å². The molecule has 2 aliphatic rings. The smallest absolute Gasteiger partial charge is 0.227 e. The Morgan fingerprint density at radius 2 is 2.23 bits per heavy atom. The van der Waals surface area contributed by atoms with Gasteiger partial charge in [-0.1, -0.05) is 0 Å². The Hall–Kier alpha value is -1.40. The van der Waals surface area contributed by atoms with Crippen LogP contribution in [0, 0.1) is 5.92 Å². The number of aromatic nitrogens is 2. The van der Waals surface area contributed by atoms with Gasteiger partial charge in [-0.05, 0) is 31.4 Å². The third kappa shape index (κ3) is 4.30. The van der Waals surface area contributed by atoms with Gasteiger partial charge in [0.05, 0.1) is 25.3 Å². The number of rotatable bonds is 6. The predicted molar refractivity (Wildman–Crippen MR) is 83.5 cm³/mol. The molecule has 1 aliphatic carbocycles. The summed E-state index contributed by atoms with van der Waals surface area (Å²) >= 11 is 0. The van der Waals surface area contributed by atoms with Crippen molar-refractivity contribution in [3.8, 4) is 0 Å². The van der Waals surface area contributed by atoms with Gasteiger partial charge < -0.3 is 14.5 Å². The van der Waals surface area contributed by atoms with E-state index in [0.29, 0.717) is 18.9 Å². The molecule has 3 rings (SSSR count). The number of aryl methyl sites for hydroxylation is 1.